The number of anilines is 1. The fourth-order valence-electron chi connectivity index (χ4n) is 2.12. The molecule has 7 nitrogen and oxygen atoms in total. The molecule has 0 saturated heterocycles. The van der Waals surface area contributed by atoms with Crippen molar-refractivity contribution >= 4 is 17.6 Å². The Kier molecular flexibility index (Phi) is 6.45. The average Bonchev–Trinajstić information content (AvgIpc) is 3.13. The summed E-state index contributed by atoms with van der Waals surface area (Å²) in [6, 6.07) is 6.61. The molecule has 10 heteroatoms. The first-order valence-electron chi connectivity index (χ1n) is 7.87. The molecule has 2 aromatic rings. The lowest BCUT2D eigenvalue weighted by molar-refractivity contribution is -0.123. The largest absolute Gasteiger partial charge is 0.467 e. The van der Waals surface area contributed by atoms with Crippen molar-refractivity contribution in [1.29, 1.82) is 0 Å². The summed E-state index contributed by atoms with van der Waals surface area (Å²) in [6.07, 6.45) is -4.17. The number of hydrogen-bond acceptors (Lipinski definition) is 4. The van der Waals surface area contributed by atoms with Gasteiger partial charge in [0.15, 0.2) is 0 Å². The van der Waals surface area contributed by atoms with E-state index in [1.54, 1.807) is 24.4 Å². The fourth-order valence-corrected chi connectivity index (χ4v) is 2.12. The number of carbonyl (C=O) groups is 2. The molecule has 1 heterocycles. The van der Waals surface area contributed by atoms with Crippen molar-refractivity contribution in [3.8, 4) is 0 Å². The zero-order chi connectivity index (χ0) is 20.0. The van der Waals surface area contributed by atoms with Gasteiger partial charge in [-0.3, -0.25) is 4.79 Å². The predicted octanol–water partition coefficient (Wildman–Crippen LogP) is 2.74. The summed E-state index contributed by atoms with van der Waals surface area (Å²) in [4.78, 5) is 23.8. The van der Waals surface area contributed by atoms with Crippen LogP contribution in [0.4, 0.5) is 23.7 Å². The molecule has 0 saturated carbocycles. The first kappa shape index (κ1) is 20.3. The zero-order valence-electron chi connectivity index (χ0n) is 14.3. The molecular formula is C17H18F3N3O4. The van der Waals surface area contributed by atoms with Gasteiger partial charge in [0.1, 0.15) is 18.4 Å². The second kappa shape index (κ2) is 8.58. The van der Waals surface area contributed by atoms with Gasteiger partial charge in [-0.1, -0.05) is 6.07 Å². The molecule has 27 heavy (non-hydrogen) atoms. The minimum Gasteiger partial charge on any atom is -0.467 e. The number of furan rings is 1. The molecular weight excluding hydrogens is 367 g/mol. The van der Waals surface area contributed by atoms with Crippen LogP contribution in [0.3, 0.4) is 0 Å². The second-order valence-electron chi connectivity index (χ2n) is 5.69. The molecule has 0 spiro atoms. The van der Waals surface area contributed by atoms with Crippen LogP contribution in [0.25, 0.3) is 0 Å². The monoisotopic (exact) mass is 385 g/mol. The van der Waals surface area contributed by atoms with Crippen LogP contribution in [0, 0.1) is 6.92 Å². The summed E-state index contributed by atoms with van der Waals surface area (Å²) in [6.45, 7) is 0.0858. The maximum atomic E-state index is 12.2. The topological polar surface area (TPSA) is 104 Å². The third kappa shape index (κ3) is 6.33. The Morgan fingerprint density at radius 2 is 1.96 bits per heavy atom. The summed E-state index contributed by atoms with van der Waals surface area (Å²) in [7, 11) is 0. The number of urea groups is 1. The van der Waals surface area contributed by atoms with Gasteiger partial charge in [0.2, 0.25) is 0 Å². The minimum atomic E-state index is -4.52. The second-order valence-corrected chi connectivity index (χ2v) is 5.69. The number of aliphatic hydroxyl groups is 1. The van der Waals surface area contributed by atoms with Gasteiger partial charge < -0.3 is 25.5 Å². The quantitative estimate of drug-likeness (QED) is 0.614. The number of carbonyl (C=O) groups excluding carboxylic acids is 2. The van der Waals surface area contributed by atoms with Crippen LogP contribution >= 0.6 is 0 Å². The summed E-state index contributed by atoms with van der Waals surface area (Å²) >= 11 is 0. The molecule has 0 radical (unpaired) electrons. The van der Waals surface area contributed by atoms with Gasteiger partial charge in [-0.2, -0.15) is 13.2 Å². The van der Waals surface area contributed by atoms with E-state index < -0.39 is 30.8 Å². The number of alkyl halides is 3. The molecule has 0 aliphatic heterocycles. The number of halogens is 3. The Labute approximate surface area is 152 Å². The highest BCUT2D eigenvalue weighted by atomic mass is 19.4. The molecule has 1 aromatic heterocycles. The maximum Gasteiger partial charge on any atom is 0.405 e. The molecule has 1 unspecified atom stereocenters. The highest BCUT2D eigenvalue weighted by molar-refractivity contribution is 5.97. The number of amides is 3. The fraction of sp³-hybridized carbons (Fsp3) is 0.294. The van der Waals surface area contributed by atoms with Crippen molar-refractivity contribution in [2.45, 2.75) is 19.2 Å². The molecule has 146 valence electrons. The van der Waals surface area contributed by atoms with Crippen molar-refractivity contribution in [2.24, 2.45) is 0 Å². The summed E-state index contributed by atoms with van der Waals surface area (Å²) < 4.78 is 41.6. The van der Waals surface area contributed by atoms with Gasteiger partial charge in [0.05, 0.1) is 12.8 Å². The normalized spacial score (nSPS) is 12.3. The molecule has 0 bridgehead atoms. The van der Waals surface area contributed by atoms with E-state index in [2.05, 4.69) is 10.6 Å². The molecule has 1 aromatic carbocycles. The first-order chi connectivity index (χ1) is 12.7. The van der Waals surface area contributed by atoms with E-state index >= 15 is 0 Å². The third-order valence-electron chi connectivity index (χ3n) is 3.52. The molecule has 2 rings (SSSR count). The molecule has 1 atom stereocenters. The van der Waals surface area contributed by atoms with Gasteiger partial charge in [0.25, 0.3) is 5.91 Å². The highest BCUT2D eigenvalue weighted by Crippen LogP contribution is 2.18. The van der Waals surface area contributed by atoms with E-state index in [9.17, 15) is 27.9 Å². The predicted molar refractivity (Wildman–Crippen MR) is 90.3 cm³/mol. The van der Waals surface area contributed by atoms with Crippen molar-refractivity contribution < 1.29 is 32.3 Å². The number of hydrogen-bond donors (Lipinski definition) is 4. The standard InChI is InChI=1S/C17H18F3N3O4/c1-10-4-5-11(15(25)22-9-17(18,19)20)7-12(10)23-16(26)21-8-13(24)14-3-2-6-27-14/h2-7,13,24H,8-9H2,1H3,(H,22,25)(H2,21,23,26). The van der Waals surface area contributed by atoms with Crippen LogP contribution in [0.1, 0.15) is 27.8 Å². The summed E-state index contributed by atoms with van der Waals surface area (Å²) in [5, 5.41) is 16.5. The van der Waals surface area contributed by atoms with E-state index in [0.717, 1.165) is 0 Å². The van der Waals surface area contributed by atoms with Crippen LogP contribution in [0.15, 0.2) is 41.0 Å². The first-order valence-corrected chi connectivity index (χ1v) is 7.87. The Balaban J connectivity index is 1.95. The van der Waals surface area contributed by atoms with E-state index in [1.807, 2.05) is 0 Å². The molecule has 0 aliphatic carbocycles. The van der Waals surface area contributed by atoms with Crippen LogP contribution in [0.5, 0.6) is 0 Å². The van der Waals surface area contributed by atoms with Crippen LogP contribution in [0.2, 0.25) is 0 Å². The van der Waals surface area contributed by atoms with Gasteiger partial charge in [-0.25, -0.2) is 4.79 Å². The Hall–Kier alpha value is -3.01. The van der Waals surface area contributed by atoms with Gasteiger partial charge >= 0.3 is 12.2 Å². The molecule has 0 aliphatic rings. The number of aliphatic hydroxyl groups excluding tert-OH is 1. The van der Waals surface area contributed by atoms with E-state index in [-0.39, 0.29) is 23.6 Å². The smallest absolute Gasteiger partial charge is 0.405 e. The number of rotatable bonds is 6. The molecule has 4 N–H and O–H groups in total. The molecule has 0 fully saturated rings. The highest BCUT2D eigenvalue weighted by Gasteiger charge is 2.28. The zero-order valence-corrected chi connectivity index (χ0v) is 14.3. The van der Waals surface area contributed by atoms with E-state index in [4.69, 9.17) is 4.42 Å². The number of nitrogens with one attached hydrogen (secondary N) is 3. The van der Waals surface area contributed by atoms with Crippen molar-refractivity contribution in [2.75, 3.05) is 18.4 Å². The van der Waals surface area contributed by atoms with Gasteiger partial charge in [0, 0.05) is 11.3 Å². The van der Waals surface area contributed by atoms with E-state index in [0.29, 0.717) is 5.56 Å². The van der Waals surface area contributed by atoms with Crippen LogP contribution in [-0.2, 0) is 0 Å². The molecule has 3 amide bonds. The Morgan fingerprint density at radius 3 is 2.59 bits per heavy atom. The van der Waals surface area contributed by atoms with Crippen molar-refractivity contribution in [3.05, 3.63) is 53.5 Å². The number of aryl methyl sites for hydroxylation is 1. The van der Waals surface area contributed by atoms with Crippen molar-refractivity contribution in [1.82, 2.24) is 10.6 Å². The average molecular weight is 385 g/mol. The van der Waals surface area contributed by atoms with E-state index in [1.165, 1.54) is 24.5 Å². The van der Waals surface area contributed by atoms with Crippen LogP contribution < -0.4 is 16.0 Å². The van der Waals surface area contributed by atoms with Gasteiger partial charge in [-0.05, 0) is 36.8 Å². The van der Waals surface area contributed by atoms with Gasteiger partial charge in [-0.15, -0.1) is 0 Å². The maximum absolute atomic E-state index is 12.2. The lowest BCUT2D eigenvalue weighted by Crippen LogP contribution is -2.34. The summed E-state index contributed by atoms with van der Waals surface area (Å²) in [5.74, 6) is -0.626. The SMILES string of the molecule is Cc1ccc(C(=O)NCC(F)(F)F)cc1NC(=O)NCC(O)c1ccco1. The Morgan fingerprint density at radius 1 is 1.22 bits per heavy atom. The summed E-state index contributed by atoms with van der Waals surface area (Å²) in [5.41, 5.74) is 0.819. The lowest BCUT2D eigenvalue weighted by Gasteiger charge is -2.13. The lowest BCUT2D eigenvalue weighted by atomic mass is 10.1. The Bertz CT molecular complexity index is 791. The minimum absolute atomic E-state index is 0.0317. The van der Waals surface area contributed by atoms with Crippen LogP contribution in [-0.4, -0.2) is 36.3 Å². The third-order valence-corrected chi connectivity index (χ3v) is 3.52. The number of benzene rings is 1. The van der Waals surface area contributed by atoms with Crippen molar-refractivity contribution in [3.63, 3.8) is 0 Å².